The lowest BCUT2D eigenvalue weighted by atomic mass is 9.96. The maximum atomic E-state index is 12.6. The van der Waals surface area contributed by atoms with Crippen molar-refractivity contribution in [3.8, 4) is 5.75 Å². The molecule has 5 nitrogen and oxygen atoms in total. The Hall–Kier alpha value is -1.53. The van der Waals surface area contributed by atoms with Crippen LogP contribution in [0.1, 0.15) is 35.2 Å². The molecule has 0 aliphatic carbocycles. The molecule has 0 radical (unpaired) electrons. The molecule has 0 bridgehead atoms. The van der Waals surface area contributed by atoms with Crippen molar-refractivity contribution in [2.45, 2.75) is 25.7 Å². The van der Waals surface area contributed by atoms with E-state index >= 15 is 0 Å². The van der Waals surface area contributed by atoms with Crippen LogP contribution in [0.2, 0.25) is 5.02 Å². The summed E-state index contributed by atoms with van der Waals surface area (Å²) >= 11 is 6.19. The van der Waals surface area contributed by atoms with Crippen molar-refractivity contribution < 1.29 is 13.9 Å². The van der Waals surface area contributed by atoms with Crippen LogP contribution < -0.4 is 15.8 Å². The molecule has 138 valence electrons. The van der Waals surface area contributed by atoms with E-state index in [1.54, 1.807) is 6.07 Å². The van der Waals surface area contributed by atoms with Gasteiger partial charge in [0.1, 0.15) is 12.4 Å². The number of ether oxygens (including phenoxy) is 1. The van der Waals surface area contributed by atoms with Gasteiger partial charge in [0, 0.05) is 18.7 Å². The van der Waals surface area contributed by atoms with Crippen LogP contribution in [0.15, 0.2) is 6.07 Å². The predicted molar refractivity (Wildman–Crippen MR) is 97.2 cm³/mol. The summed E-state index contributed by atoms with van der Waals surface area (Å²) in [6, 6.07) is 1.60. The number of carbonyl (C=O) groups is 1. The molecule has 1 aromatic carbocycles. The SMILES string of the molecule is Nc1c(Cl)cc(C(=O)NCC2CCN(CCF)CC2)c2c1CCCO2. The van der Waals surface area contributed by atoms with Gasteiger partial charge in [0.2, 0.25) is 0 Å². The second kappa shape index (κ2) is 8.23. The van der Waals surface area contributed by atoms with Crippen LogP contribution in [0, 0.1) is 5.92 Å². The molecule has 3 N–H and O–H groups in total. The highest BCUT2D eigenvalue weighted by Crippen LogP contribution is 2.38. The number of rotatable bonds is 5. The van der Waals surface area contributed by atoms with Crippen molar-refractivity contribution in [2.24, 2.45) is 5.92 Å². The fourth-order valence-corrected chi connectivity index (χ4v) is 3.79. The van der Waals surface area contributed by atoms with Crippen LogP contribution >= 0.6 is 11.6 Å². The van der Waals surface area contributed by atoms with Crippen molar-refractivity contribution in [3.05, 3.63) is 22.2 Å². The normalized spacial score (nSPS) is 18.5. The minimum atomic E-state index is -0.301. The fraction of sp³-hybridized carbons (Fsp3) is 0.611. The number of fused-ring (bicyclic) bond motifs is 1. The van der Waals surface area contributed by atoms with Crippen molar-refractivity contribution in [2.75, 3.05) is 45.2 Å². The van der Waals surface area contributed by atoms with Crippen LogP contribution in [-0.2, 0) is 6.42 Å². The Morgan fingerprint density at radius 2 is 2.20 bits per heavy atom. The van der Waals surface area contributed by atoms with E-state index in [9.17, 15) is 9.18 Å². The summed E-state index contributed by atoms with van der Waals surface area (Å²) in [5.74, 6) is 0.815. The summed E-state index contributed by atoms with van der Waals surface area (Å²) in [5, 5.41) is 3.40. The Labute approximate surface area is 152 Å². The van der Waals surface area contributed by atoms with Crippen molar-refractivity contribution >= 4 is 23.2 Å². The number of likely N-dealkylation sites (tertiary alicyclic amines) is 1. The van der Waals surface area contributed by atoms with Gasteiger partial charge in [0.25, 0.3) is 5.91 Å². The quantitative estimate of drug-likeness (QED) is 0.783. The summed E-state index contributed by atoms with van der Waals surface area (Å²) in [4.78, 5) is 14.8. The first-order chi connectivity index (χ1) is 12.1. The average molecular weight is 370 g/mol. The minimum absolute atomic E-state index is 0.175. The van der Waals surface area contributed by atoms with E-state index in [-0.39, 0.29) is 12.6 Å². The average Bonchev–Trinajstić information content (AvgIpc) is 2.64. The third-order valence-corrected chi connectivity index (χ3v) is 5.41. The Balaban J connectivity index is 1.62. The largest absolute Gasteiger partial charge is 0.492 e. The highest BCUT2D eigenvalue weighted by Gasteiger charge is 2.25. The van der Waals surface area contributed by atoms with Crippen molar-refractivity contribution in [3.63, 3.8) is 0 Å². The van der Waals surface area contributed by atoms with Gasteiger partial charge < -0.3 is 20.7 Å². The number of nitrogens with two attached hydrogens (primary N) is 1. The molecule has 1 amide bonds. The maximum Gasteiger partial charge on any atom is 0.255 e. The highest BCUT2D eigenvalue weighted by atomic mass is 35.5. The summed E-state index contributed by atoms with van der Waals surface area (Å²) < 4.78 is 18.1. The number of carbonyl (C=O) groups excluding carboxylic acids is 1. The zero-order valence-corrected chi connectivity index (χ0v) is 15.1. The van der Waals surface area contributed by atoms with Gasteiger partial charge in [-0.25, -0.2) is 4.39 Å². The van der Waals surface area contributed by atoms with Gasteiger partial charge in [-0.15, -0.1) is 0 Å². The summed E-state index contributed by atoms with van der Waals surface area (Å²) in [7, 11) is 0. The van der Waals surface area contributed by atoms with E-state index in [4.69, 9.17) is 22.1 Å². The maximum absolute atomic E-state index is 12.6. The number of piperidine rings is 1. The number of nitrogen functional groups attached to an aromatic ring is 1. The van der Waals surface area contributed by atoms with Crippen LogP contribution in [0.25, 0.3) is 0 Å². The Kier molecular flexibility index (Phi) is 6.02. The van der Waals surface area contributed by atoms with Gasteiger partial charge in [-0.3, -0.25) is 4.79 Å². The topological polar surface area (TPSA) is 67.6 Å². The number of alkyl halides is 1. The number of nitrogens with one attached hydrogen (secondary N) is 1. The minimum Gasteiger partial charge on any atom is -0.492 e. The molecule has 2 heterocycles. The first-order valence-electron chi connectivity index (χ1n) is 8.90. The molecule has 25 heavy (non-hydrogen) atoms. The van der Waals surface area contributed by atoms with Gasteiger partial charge in [-0.2, -0.15) is 0 Å². The zero-order valence-electron chi connectivity index (χ0n) is 14.3. The molecular formula is C18H25ClFN3O2. The number of hydrogen-bond acceptors (Lipinski definition) is 4. The lowest BCUT2D eigenvalue weighted by Crippen LogP contribution is -2.39. The predicted octanol–water partition coefficient (Wildman–Crippen LogP) is 2.66. The first-order valence-corrected chi connectivity index (χ1v) is 9.28. The number of benzene rings is 1. The molecule has 7 heteroatoms. The third-order valence-electron chi connectivity index (χ3n) is 5.09. The Morgan fingerprint density at radius 1 is 1.44 bits per heavy atom. The second-order valence-electron chi connectivity index (χ2n) is 6.76. The summed E-state index contributed by atoms with van der Waals surface area (Å²) in [6.07, 6.45) is 3.58. The molecule has 0 unspecified atom stereocenters. The summed E-state index contributed by atoms with van der Waals surface area (Å²) in [6.45, 7) is 3.17. The molecular weight excluding hydrogens is 345 g/mol. The molecule has 3 rings (SSSR count). The number of hydrogen-bond donors (Lipinski definition) is 2. The molecule has 0 saturated carbocycles. The Morgan fingerprint density at radius 3 is 2.92 bits per heavy atom. The lowest BCUT2D eigenvalue weighted by Gasteiger charge is -2.31. The van der Waals surface area contributed by atoms with Crippen LogP contribution in [-0.4, -0.2) is 50.3 Å². The van der Waals surface area contributed by atoms with Gasteiger partial charge in [0.05, 0.1) is 22.9 Å². The van der Waals surface area contributed by atoms with E-state index in [2.05, 4.69) is 10.2 Å². The molecule has 2 aliphatic heterocycles. The number of anilines is 1. The monoisotopic (exact) mass is 369 g/mol. The van der Waals surface area contributed by atoms with E-state index in [0.717, 1.165) is 44.3 Å². The van der Waals surface area contributed by atoms with Gasteiger partial charge >= 0.3 is 0 Å². The number of halogens is 2. The molecule has 2 aliphatic rings. The molecule has 0 spiro atoms. The smallest absolute Gasteiger partial charge is 0.255 e. The van der Waals surface area contributed by atoms with E-state index in [0.29, 0.717) is 47.6 Å². The molecule has 0 atom stereocenters. The van der Waals surface area contributed by atoms with Gasteiger partial charge in [0.15, 0.2) is 0 Å². The standard InChI is InChI=1S/C18H25ClFN3O2/c19-15-10-14(17-13(16(15)21)2-1-9-25-17)18(24)22-11-12-3-6-23(7-4-12)8-5-20/h10,12H,1-9,11,21H2,(H,22,24). The molecule has 1 saturated heterocycles. The van der Waals surface area contributed by atoms with E-state index in [1.807, 2.05) is 0 Å². The van der Waals surface area contributed by atoms with Crippen molar-refractivity contribution in [1.29, 1.82) is 0 Å². The fourth-order valence-electron chi connectivity index (χ4n) is 3.57. The molecule has 0 aromatic heterocycles. The Bertz CT molecular complexity index is 633. The summed E-state index contributed by atoms with van der Waals surface area (Å²) in [5.41, 5.74) is 7.83. The number of nitrogens with zero attached hydrogens (tertiary/aromatic N) is 1. The van der Waals surface area contributed by atoms with Crippen molar-refractivity contribution in [1.82, 2.24) is 10.2 Å². The van der Waals surface area contributed by atoms with E-state index < -0.39 is 0 Å². The second-order valence-corrected chi connectivity index (χ2v) is 7.17. The van der Waals surface area contributed by atoms with E-state index in [1.165, 1.54) is 0 Å². The lowest BCUT2D eigenvalue weighted by molar-refractivity contribution is 0.0930. The van der Waals surface area contributed by atoms with Gasteiger partial charge in [-0.1, -0.05) is 11.6 Å². The first kappa shape index (κ1) is 18.3. The van der Waals surface area contributed by atoms with Gasteiger partial charge in [-0.05, 0) is 50.8 Å². The zero-order chi connectivity index (χ0) is 17.8. The molecule has 1 fully saturated rings. The molecule has 1 aromatic rings. The number of amides is 1. The highest BCUT2D eigenvalue weighted by molar-refractivity contribution is 6.33. The van der Waals surface area contributed by atoms with Crippen LogP contribution in [0.4, 0.5) is 10.1 Å². The third kappa shape index (κ3) is 4.18. The van der Waals surface area contributed by atoms with Crippen LogP contribution in [0.3, 0.4) is 0 Å². The van der Waals surface area contributed by atoms with Crippen LogP contribution in [0.5, 0.6) is 5.75 Å².